The molecule has 2 atom stereocenters. The molecule has 0 aliphatic carbocycles. The van der Waals surface area contributed by atoms with Crippen molar-refractivity contribution >= 4 is 12.1 Å². The highest BCUT2D eigenvalue weighted by molar-refractivity contribution is 5.76. The molecule has 1 saturated heterocycles. The van der Waals surface area contributed by atoms with Crippen LogP contribution in [-0.4, -0.2) is 42.3 Å². The highest BCUT2D eigenvalue weighted by atomic mass is 16.6. The van der Waals surface area contributed by atoms with Gasteiger partial charge in [-0.2, -0.15) is 0 Å². The lowest BCUT2D eigenvalue weighted by Crippen LogP contribution is -2.36. The Morgan fingerprint density at radius 3 is 2.39 bits per heavy atom. The molecule has 0 bridgehead atoms. The summed E-state index contributed by atoms with van der Waals surface area (Å²) in [6.07, 6.45) is -0.360. The van der Waals surface area contributed by atoms with Crippen LogP contribution in [0, 0.1) is 11.8 Å². The number of likely N-dealkylation sites (tertiary alicyclic amines) is 1. The van der Waals surface area contributed by atoms with Gasteiger partial charge in [0.15, 0.2) is 0 Å². The average Bonchev–Trinajstić information content (AvgIpc) is 2.58. The monoisotopic (exact) mass is 257 g/mol. The summed E-state index contributed by atoms with van der Waals surface area (Å²) in [5.74, 6) is -0.356. The maximum Gasteiger partial charge on any atom is 0.410 e. The predicted octanol–water partition coefficient (Wildman–Crippen LogP) is 2.05. The summed E-state index contributed by atoms with van der Waals surface area (Å²) in [7, 11) is 0. The van der Waals surface area contributed by atoms with E-state index in [9.17, 15) is 9.59 Å². The van der Waals surface area contributed by atoms with Gasteiger partial charge in [0.05, 0.1) is 12.5 Å². The molecule has 0 spiro atoms. The third-order valence-corrected chi connectivity index (χ3v) is 2.85. The van der Waals surface area contributed by atoms with Gasteiger partial charge in [0.25, 0.3) is 0 Å². The summed E-state index contributed by atoms with van der Waals surface area (Å²) < 4.78 is 10.3. The minimum absolute atomic E-state index is 0.108. The Hall–Kier alpha value is -1.26. The molecule has 5 heteroatoms. The van der Waals surface area contributed by atoms with E-state index in [4.69, 9.17) is 9.47 Å². The lowest BCUT2D eigenvalue weighted by atomic mass is 9.99. The van der Waals surface area contributed by atoms with Crippen LogP contribution in [0.25, 0.3) is 0 Å². The van der Waals surface area contributed by atoms with Crippen molar-refractivity contribution in [1.82, 2.24) is 4.90 Å². The number of nitrogens with zero attached hydrogens (tertiary/aromatic N) is 1. The van der Waals surface area contributed by atoms with Crippen LogP contribution in [0.15, 0.2) is 0 Å². The molecule has 0 saturated carbocycles. The normalized spacial score (nSPS) is 23.9. The Bertz CT molecular complexity index is 321. The van der Waals surface area contributed by atoms with Crippen molar-refractivity contribution in [3.8, 4) is 0 Å². The van der Waals surface area contributed by atoms with E-state index in [1.54, 1.807) is 11.8 Å². The molecule has 1 aliphatic rings. The molecule has 0 radical (unpaired) electrons. The van der Waals surface area contributed by atoms with E-state index in [-0.39, 0.29) is 23.9 Å². The Balaban J connectivity index is 2.58. The summed E-state index contributed by atoms with van der Waals surface area (Å²) in [5, 5.41) is 0. The quantitative estimate of drug-likeness (QED) is 0.710. The molecule has 1 amide bonds. The van der Waals surface area contributed by atoms with Crippen molar-refractivity contribution in [1.29, 1.82) is 0 Å². The second-order valence-electron chi connectivity index (χ2n) is 5.72. The Morgan fingerprint density at radius 2 is 1.89 bits per heavy atom. The van der Waals surface area contributed by atoms with Crippen molar-refractivity contribution in [2.75, 3.05) is 19.7 Å². The predicted molar refractivity (Wildman–Crippen MR) is 67.1 cm³/mol. The number of carbonyl (C=O) groups excluding carboxylic acids is 2. The van der Waals surface area contributed by atoms with Gasteiger partial charge < -0.3 is 14.4 Å². The number of esters is 1. The van der Waals surface area contributed by atoms with Gasteiger partial charge in [-0.05, 0) is 33.6 Å². The summed E-state index contributed by atoms with van der Waals surface area (Å²) in [4.78, 5) is 25.2. The zero-order chi connectivity index (χ0) is 13.9. The highest BCUT2D eigenvalue weighted by Crippen LogP contribution is 2.25. The van der Waals surface area contributed by atoms with Crippen molar-refractivity contribution in [3.05, 3.63) is 0 Å². The minimum Gasteiger partial charge on any atom is -0.466 e. The van der Waals surface area contributed by atoms with Crippen molar-refractivity contribution < 1.29 is 19.1 Å². The van der Waals surface area contributed by atoms with Crippen LogP contribution in [-0.2, 0) is 14.3 Å². The van der Waals surface area contributed by atoms with Gasteiger partial charge >= 0.3 is 12.1 Å². The second-order valence-corrected chi connectivity index (χ2v) is 5.72. The van der Waals surface area contributed by atoms with E-state index in [1.165, 1.54) is 0 Å². The Kier molecular flexibility index (Phi) is 4.59. The zero-order valence-corrected chi connectivity index (χ0v) is 11.9. The first-order valence-electron chi connectivity index (χ1n) is 6.39. The molecular weight excluding hydrogens is 234 g/mol. The highest BCUT2D eigenvalue weighted by Gasteiger charge is 2.39. The Labute approximate surface area is 108 Å². The van der Waals surface area contributed by atoms with Crippen LogP contribution in [0.2, 0.25) is 0 Å². The largest absolute Gasteiger partial charge is 0.466 e. The maximum absolute atomic E-state index is 11.9. The van der Waals surface area contributed by atoms with Gasteiger partial charge in [-0.3, -0.25) is 4.79 Å². The molecule has 0 N–H and O–H groups in total. The molecule has 5 nitrogen and oxygen atoms in total. The number of ether oxygens (including phenoxy) is 2. The first-order valence-corrected chi connectivity index (χ1v) is 6.39. The third-order valence-electron chi connectivity index (χ3n) is 2.85. The van der Waals surface area contributed by atoms with Crippen molar-refractivity contribution in [2.24, 2.45) is 11.8 Å². The van der Waals surface area contributed by atoms with E-state index in [1.807, 2.05) is 27.7 Å². The van der Waals surface area contributed by atoms with Crippen LogP contribution in [0.3, 0.4) is 0 Å². The molecule has 0 aromatic rings. The van der Waals surface area contributed by atoms with E-state index in [2.05, 4.69) is 0 Å². The molecule has 0 unspecified atom stereocenters. The first kappa shape index (κ1) is 14.8. The standard InChI is InChI=1S/C13H23NO4/c1-6-17-11(15)10-8-14(7-9(10)2)12(16)18-13(3,4)5/h9-10H,6-8H2,1-5H3/t9-,10-/m1/s1. The fourth-order valence-electron chi connectivity index (χ4n) is 2.00. The van der Waals surface area contributed by atoms with Gasteiger partial charge in [0.1, 0.15) is 5.60 Å². The average molecular weight is 257 g/mol. The minimum atomic E-state index is -0.512. The number of carbonyl (C=O) groups is 2. The van der Waals surface area contributed by atoms with Crippen LogP contribution in [0.5, 0.6) is 0 Å². The summed E-state index contributed by atoms with van der Waals surface area (Å²) in [6, 6.07) is 0. The molecule has 1 aliphatic heterocycles. The molecule has 1 fully saturated rings. The molecule has 18 heavy (non-hydrogen) atoms. The topological polar surface area (TPSA) is 55.8 Å². The Morgan fingerprint density at radius 1 is 1.28 bits per heavy atom. The molecular formula is C13H23NO4. The molecule has 0 aromatic heterocycles. The van der Waals surface area contributed by atoms with Crippen molar-refractivity contribution in [2.45, 2.75) is 40.2 Å². The molecule has 104 valence electrons. The maximum atomic E-state index is 11.9. The fraction of sp³-hybridized carbons (Fsp3) is 0.846. The van der Waals surface area contributed by atoms with Gasteiger partial charge in [-0.15, -0.1) is 0 Å². The molecule has 0 aromatic carbocycles. The molecule has 1 rings (SSSR count). The van der Waals surface area contributed by atoms with Gasteiger partial charge in [0, 0.05) is 13.1 Å². The number of hydrogen-bond donors (Lipinski definition) is 0. The van der Waals surface area contributed by atoms with Crippen LogP contribution >= 0.6 is 0 Å². The van der Waals surface area contributed by atoms with E-state index >= 15 is 0 Å². The van der Waals surface area contributed by atoms with Crippen LogP contribution in [0.4, 0.5) is 4.79 Å². The van der Waals surface area contributed by atoms with E-state index in [0.717, 1.165) is 0 Å². The number of rotatable bonds is 2. The number of hydrogen-bond acceptors (Lipinski definition) is 4. The summed E-state index contributed by atoms with van der Waals surface area (Å²) >= 11 is 0. The summed E-state index contributed by atoms with van der Waals surface area (Å²) in [5.41, 5.74) is -0.512. The van der Waals surface area contributed by atoms with Crippen molar-refractivity contribution in [3.63, 3.8) is 0 Å². The SMILES string of the molecule is CCOC(=O)[C@@H]1CN(C(=O)OC(C)(C)C)C[C@H]1C. The zero-order valence-electron chi connectivity index (χ0n) is 11.9. The van der Waals surface area contributed by atoms with Gasteiger partial charge in [0.2, 0.25) is 0 Å². The van der Waals surface area contributed by atoms with E-state index < -0.39 is 5.60 Å². The number of amides is 1. The second kappa shape index (κ2) is 5.59. The summed E-state index contributed by atoms with van der Waals surface area (Å²) in [6.45, 7) is 10.5. The smallest absolute Gasteiger partial charge is 0.410 e. The molecule has 1 heterocycles. The van der Waals surface area contributed by atoms with Crippen LogP contribution in [0.1, 0.15) is 34.6 Å². The van der Waals surface area contributed by atoms with Crippen LogP contribution < -0.4 is 0 Å². The first-order chi connectivity index (χ1) is 8.24. The van der Waals surface area contributed by atoms with Gasteiger partial charge in [-0.1, -0.05) is 6.92 Å². The lowest BCUT2D eigenvalue weighted by Gasteiger charge is -2.24. The van der Waals surface area contributed by atoms with E-state index in [0.29, 0.717) is 19.7 Å². The fourth-order valence-corrected chi connectivity index (χ4v) is 2.00. The van der Waals surface area contributed by atoms with Gasteiger partial charge in [-0.25, -0.2) is 4.79 Å². The lowest BCUT2D eigenvalue weighted by molar-refractivity contribution is -0.148. The third kappa shape index (κ3) is 3.89.